The second-order valence-electron chi connectivity index (χ2n) is 4.75. The largest absolute Gasteiger partial charge is 0.478 e. The SMILES string of the molecule is O=C(O)c1cccc2c1CCN(c1n[nH]c(=O)[nH]c1=O)C2. The first-order valence-electron chi connectivity index (χ1n) is 6.34. The average molecular weight is 288 g/mol. The molecule has 108 valence electrons. The van der Waals surface area contributed by atoms with Crippen LogP contribution in [0.15, 0.2) is 27.8 Å². The van der Waals surface area contributed by atoms with Gasteiger partial charge >= 0.3 is 11.7 Å². The molecule has 8 heteroatoms. The van der Waals surface area contributed by atoms with E-state index >= 15 is 0 Å². The van der Waals surface area contributed by atoms with E-state index in [2.05, 4.69) is 15.2 Å². The molecule has 1 aliphatic rings. The molecule has 0 amide bonds. The summed E-state index contributed by atoms with van der Waals surface area (Å²) in [6.07, 6.45) is 0.498. The number of aromatic carboxylic acids is 1. The van der Waals surface area contributed by atoms with Crippen LogP contribution in [0.1, 0.15) is 21.5 Å². The minimum absolute atomic E-state index is 0.126. The smallest absolute Gasteiger partial charge is 0.342 e. The monoisotopic (exact) mass is 288 g/mol. The first-order valence-corrected chi connectivity index (χ1v) is 6.34. The van der Waals surface area contributed by atoms with Gasteiger partial charge in [-0.2, -0.15) is 0 Å². The van der Waals surface area contributed by atoms with E-state index in [1.807, 2.05) is 6.07 Å². The van der Waals surface area contributed by atoms with Crippen LogP contribution in [0.4, 0.5) is 5.82 Å². The van der Waals surface area contributed by atoms with Crippen LogP contribution in [-0.2, 0) is 13.0 Å². The maximum absolute atomic E-state index is 11.8. The summed E-state index contributed by atoms with van der Waals surface area (Å²) in [5.41, 5.74) is 0.692. The summed E-state index contributed by atoms with van der Waals surface area (Å²) in [6, 6.07) is 5.08. The summed E-state index contributed by atoms with van der Waals surface area (Å²) < 4.78 is 0. The summed E-state index contributed by atoms with van der Waals surface area (Å²) in [4.78, 5) is 37.8. The Balaban J connectivity index is 1.98. The van der Waals surface area contributed by atoms with E-state index in [1.165, 1.54) is 0 Å². The predicted molar refractivity (Wildman–Crippen MR) is 73.6 cm³/mol. The lowest BCUT2D eigenvalue weighted by atomic mass is 9.94. The molecule has 0 saturated heterocycles. The first kappa shape index (κ1) is 13.1. The molecule has 0 aliphatic carbocycles. The van der Waals surface area contributed by atoms with Gasteiger partial charge in [-0.15, -0.1) is 5.10 Å². The normalized spacial score (nSPS) is 13.8. The zero-order valence-corrected chi connectivity index (χ0v) is 10.9. The van der Waals surface area contributed by atoms with Crippen molar-refractivity contribution in [2.24, 2.45) is 0 Å². The Kier molecular flexibility index (Phi) is 3.05. The van der Waals surface area contributed by atoms with Crippen molar-refractivity contribution in [1.29, 1.82) is 0 Å². The number of nitrogens with one attached hydrogen (secondary N) is 2. The molecule has 1 aliphatic heterocycles. The number of H-pyrrole nitrogens is 2. The molecule has 1 aromatic carbocycles. The number of carbonyl (C=O) groups is 1. The average Bonchev–Trinajstić information content (AvgIpc) is 2.46. The van der Waals surface area contributed by atoms with Crippen molar-refractivity contribution in [3.63, 3.8) is 0 Å². The van der Waals surface area contributed by atoms with Crippen LogP contribution in [0.5, 0.6) is 0 Å². The molecule has 0 fully saturated rings. The number of carboxylic acids is 1. The van der Waals surface area contributed by atoms with Gasteiger partial charge in [0.1, 0.15) is 0 Å². The van der Waals surface area contributed by atoms with Gasteiger partial charge < -0.3 is 10.0 Å². The lowest BCUT2D eigenvalue weighted by molar-refractivity contribution is 0.0695. The van der Waals surface area contributed by atoms with Gasteiger partial charge in [-0.25, -0.2) is 14.7 Å². The molecule has 3 N–H and O–H groups in total. The van der Waals surface area contributed by atoms with Crippen LogP contribution in [0.3, 0.4) is 0 Å². The van der Waals surface area contributed by atoms with E-state index in [1.54, 1.807) is 17.0 Å². The second-order valence-corrected chi connectivity index (χ2v) is 4.75. The summed E-state index contributed by atoms with van der Waals surface area (Å²) in [7, 11) is 0. The van der Waals surface area contributed by atoms with Crippen molar-refractivity contribution < 1.29 is 9.90 Å². The molecule has 8 nitrogen and oxygen atoms in total. The van der Waals surface area contributed by atoms with Crippen molar-refractivity contribution in [2.45, 2.75) is 13.0 Å². The fourth-order valence-corrected chi connectivity index (χ4v) is 2.55. The number of rotatable bonds is 2. The molecule has 0 atom stereocenters. The third-order valence-corrected chi connectivity index (χ3v) is 3.49. The molecule has 1 aromatic heterocycles. The van der Waals surface area contributed by atoms with E-state index in [4.69, 9.17) is 0 Å². The number of hydrogen-bond acceptors (Lipinski definition) is 5. The molecule has 0 spiro atoms. The Hall–Kier alpha value is -2.90. The quantitative estimate of drug-likeness (QED) is 0.699. The van der Waals surface area contributed by atoms with Gasteiger partial charge in [0.15, 0.2) is 0 Å². The van der Waals surface area contributed by atoms with Crippen LogP contribution in [0.2, 0.25) is 0 Å². The number of aromatic nitrogens is 3. The van der Waals surface area contributed by atoms with Gasteiger partial charge in [0.2, 0.25) is 5.82 Å². The van der Waals surface area contributed by atoms with Gasteiger partial charge in [-0.3, -0.25) is 9.78 Å². The van der Waals surface area contributed by atoms with Crippen LogP contribution in [-0.4, -0.2) is 32.8 Å². The highest BCUT2D eigenvalue weighted by Crippen LogP contribution is 2.24. The summed E-state index contributed by atoms with van der Waals surface area (Å²) >= 11 is 0. The third-order valence-electron chi connectivity index (χ3n) is 3.49. The zero-order chi connectivity index (χ0) is 15.0. The van der Waals surface area contributed by atoms with Gasteiger partial charge in [0.05, 0.1) is 5.56 Å². The Morgan fingerprint density at radius 1 is 1.33 bits per heavy atom. The summed E-state index contributed by atoms with van der Waals surface area (Å²) in [5.74, 6) is -0.832. The molecular weight excluding hydrogens is 276 g/mol. The zero-order valence-electron chi connectivity index (χ0n) is 10.9. The highest BCUT2D eigenvalue weighted by Gasteiger charge is 2.23. The fourth-order valence-electron chi connectivity index (χ4n) is 2.55. The van der Waals surface area contributed by atoms with Crippen LogP contribution < -0.4 is 16.1 Å². The van der Waals surface area contributed by atoms with E-state index in [9.17, 15) is 19.5 Å². The minimum atomic E-state index is -0.958. The van der Waals surface area contributed by atoms with E-state index < -0.39 is 17.2 Å². The first-order chi connectivity index (χ1) is 10.1. The van der Waals surface area contributed by atoms with Gasteiger partial charge in [0.25, 0.3) is 5.56 Å². The maximum Gasteiger partial charge on any atom is 0.342 e. The number of anilines is 1. The summed E-state index contributed by atoms with van der Waals surface area (Å²) in [5, 5.41) is 15.1. The van der Waals surface area contributed by atoms with E-state index in [0.717, 1.165) is 11.1 Å². The van der Waals surface area contributed by atoms with E-state index in [0.29, 0.717) is 19.5 Å². The third kappa shape index (κ3) is 2.31. The van der Waals surface area contributed by atoms with E-state index in [-0.39, 0.29) is 11.4 Å². The number of fused-ring (bicyclic) bond motifs is 1. The molecule has 3 rings (SSSR count). The Bertz CT molecular complexity index is 823. The molecule has 2 heterocycles. The molecule has 0 radical (unpaired) electrons. The van der Waals surface area contributed by atoms with Crippen molar-refractivity contribution in [2.75, 3.05) is 11.4 Å². The van der Waals surface area contributed by atoms with Gasteiger partial charge in [0, 0.05) is 13.1 Å². The van der Waals surface area contributed by atoms with Crippen molar-refractivity contribution in [1.82, 2.24) is 15.2 Å². The molecule has 0 unspecified atom stereocenters. The molecule has 0 bridgehead atoms. The topological polar surface area (TPSA) is 119 Å². The number of nitrogens with zero attached hydrogens (tertiary/aromatic N) is 2. The number of benzene rings is 1. The van der Waals surface area contributed by atoms with Gasteiger partial charge in [-0.1, -0.05) is 12.1 Å². The Morgan fingerprint density at radius 3 is 2.86 bits per heavy atom. The van der Waals surface area contributed by atoms with Crippen LogP contribution in [0, 0.1) is 0 Å². The van der Waals surface area contributed by atoms with Crippen molar-refractivity contribution in [3.05, 3.63) is 55.7 Å². The van der Waals surface area contributed by atoms with Crippen molar-refractivity contribution >= 4 is 11.8 Å². The minimum Gasteiger partial charge on any atom is -0.478 e. The Labute approximate surface area is 118 Å². The number of aromatic amines is 2. The fraction of sp³-hybridized carbons (Fsp3) is 0.231. The highest BCUT2D eigenvalue weighted by molar-refractivity contribution is 5.90. The van der Waals surface area contributed by atoms with Crippen molar-refractivity contribution in [3.8, 4) is 0 Å². The molecule has 2 aromatic rings. The molecule has 21 heavy (non-hydrogen) atoms. The maximum atomic E-state index is 11.8. The molecular formula is C13H12N4O4. The van der Waals surface area contributed by atoms with Crippen LogP contribution in [0.25, 0.3) is 0 Å². The standard InChI is InChI=1S/C13H12N4O4/c18-11-10(15-16-13(21)14-11)17-5-4-8-7(6-17)2-1-3-9(8)12(19)20/h1-3H,4-6H2,(H,19,20)(H2,14,16,18,21). The second kappa shape index (κ2) is 4.89. The Morgan fingerprint density at radius 2 is 2.14 bits per heavy atom. The van der Waals surface area contributed by atoms with Crippen LogP contribution >= 0.6 is 0 Å². The predicted octanol–water partition coefficient (Wildman–Crippen LogP) is -0.281. The number of hydrogen-bond donors (Lipinski definition) is 3. The lowest BCUT2D eigenvalue weighted by Crippen LogP contribution is -2.38. The molecule has 0 saturated carbocycles. The highest BCUT2D eigenvalue weighted by atomic mass is 16.4. The van der Waals surface area contributed by atoms with Gasteiger partial charge in [-0.05, 0) is 23.6 Å². The number of carboxylic acid groups (broad SMARTS) is 1. The summed E-state index contributed by atoms with van der Waals surface area (Å²) in [6.45, 7) is 0.831. The lowest BCUT2D eigenvalue weighted by Gasteiger charge is -2.29.